The number of pyridine rings is 1. The molecule has 4 rings (SSSR count). The van der Waals surface area contributed by atoms with E-state index in [4.69, 9.17) is 9.39 Å². The molecule has 0 fully saturated rings. The quantitative estimate of drug-likeness (QED) is 0.242. The maximum absolute atomic E-state index is 13.0. The van der Waals surface area contributed by atoms with Crippen LogP contribution in [0.25, 0.3) is 5.57 Å². The van der Waals surface area contributed by atoms with E-state index in [1.165, 1.54) is 6.20 Å². The van der Waals surface area contributed by atoms with Crippen molar-refractivity contribution in [3.63, 3.8) is 0 Å². The van der Waals surface area contributed by atoms with E-state index in [-0.39, 0.29) is 11.7 Å². The Morgan fingerprint density at radius 2 is 2.14 bits per heavy atom. The summed E-state index contributed by atoms with van der Waals surface area (Å²) in [4.78, 5) is 24.6. The fraction of sp³-hybridized carbons (Fsp3) is 0.423. The Morgan fingerprint density at radius 1 is 1.36 bits per heavy atom. The molecule has 0 spiro atoms. The van der Waals surface area contributed by atoms with Gasteiger partial charge in [0, 0.05) is 0 Å². The van der Waals surface area contributed by atoms with Crippen LogP contribution in [0.3, 0.4) is 0 Å². The van der Waals surface area contributed by atoms with E-state index >= 15 is 0 Å². The second kappa shape index (κ2) is 11.3. The average molecular weight is 661 g/mol. The Morgan fingerprint density at radius 3 is 2.83 bits per heavy atom. The molecule has 0 aliphatic carbocycles. The normalized spacial score (nSPS) is 17.8. The summed E-state index contributed by atoms with van der Waals surface area (Å²) in [6, 6.07) is 5.74. The summed E-state index contributed by atoms with van der Waals surface area (Å²) in [6.45, 7) is 5.15. The second-order valence-corrected chi connectivity index (χ2v) is 11.3. The van der Waals surface area contributed by atoms with Crippen molar-refractivity contribution in [2.75, 3.05) is 25.2 Å². The van der Waals surface area contributed by atoms with Gasteiger partial charge < -0.3 is 9.68 Å². The van der Waals surface area contributed by atoms with Crippen molar-refractivity contribution in [3.05, 3.63) is 63.1 Å². The molecule has 2 aliphatic heterocycles. The van der Waals surface area contributed by atoms with Crippen LogP contribution in [0.4, 0.5) is 0 Å². The van der Waals surface area contributed by atoms with Crippen molar-refractivity contribution in [1.29, 1.82) is 0 Å². The third-order valence-corrected chi connectivity index (χ3v) is 7.36. The second-order valence-electron chi connectivity index (χ2n) is 9.07. The van der Waals surface area contributed by atoms with Crippen LogP contribution in [-0.2, 0) is 24.0 Å². The van der Waals surface area contributed by atoms with Gasteiger partial charge in [-0.25, -0.2) is 0 Å². The Labute approximate surface area is 222 Å². The van der Waals surface area contributed by atoms with Crippen LogP contribution in [0.1, 0.15) is 79.2 Å². The minimum Gasteiger partial charge on any atom is -0.0532 e. The minimum absolute atomic E-state index is 0.0695. The monoisotopic (exact) mass is 661 g/mol. The number of carbonyl (C=O) groups is 1. The summed E-state index contributed by atoms with van der Waals surface area (Å²) in [5, 5.41) is 21.6. The Balaban J connectivity index is 1.41. The molecule has 0 saturated carbocycles. The third-order valence-electron chi connectivity index (χ3n) is 6.62. The van der Waals surface area contributed by atoms with Gasteiger partial charge in [-0.2, -0.15) is 0 Å². The topological polar surface area (TPSA) is 101 Å². The van der Waals surface area contributed by atoms with Gasteiger partial charge in [0.2, 0.25) is 0 Å². The summed E-state index contributed by atoms with van der Waals surface area (Å²) in [7, 11) is 0.990. The summed E-state index contributed by atoms with van der Waals surface area (Å²) in [5.41, 5.74) is 3.35. The Bertz CT molecular complexity index is 1270. The molecule has 190 valence electrons. The standard InChI is InChI=1S/C26H30BN2O6.W/c1-4-19-24-17(12-13-28(3)29(24)16-21(25(19)30)26(31)32)9-7-6-8-14-34-18-10-11-20-22(15-18)27(33)35-23(20)5-2;/h10-11,15-16,23,33H,5-8,12-14H2,1-3H3,(H,31,32);/q-1;/t23-;/m1./s1. The number of unbranched alkanes of at least 4 members (excludes halogenated alkanes) is 2. The number of benzene rings is 1. The first-order chi connectivity index (χ1) is 17.2. The first kappa shape index (κ1) is 26.6. The van der Waals surface area contributed by atoms with Crippen molar-refractivity contribution in [2.45, 2.75) is 52.1 Å². The van der Waals surface area contributed by atoms with Crippen molar-refractivity contribution in [1.82, 2.24) is 4.68 Å². The number of nitrogens with zero attached hydrogens (tertiary/aromatic N) is 2. The first-order valence-electron chi connectivity index (χ1n) is 12.2. The number of allylic oxidation sites excluding steroid dienone is 1. The fourth-order valence-electron chi connectivity index (χ4n) is 4.74. The van der Waals surface area contributed by atoms with Gasteiger partial charge in [-0.05, 0) is 17.4 Å². The summed E-state index contributed by atoms with van der Waals surface area (Å²) >= 11 is 1.13. The number of aromatic carboxylic acids is 1. The molecule has 0 amide bonds. The summed E-state index contributed by atoms with van der Waals surface area (Å²) in [6.07, 6.45) is 8.80. The van der Waals surface area contributed by atoms with Crippen molar-refractivity contribution >= 4 is 28.0 Å². The molecule has 2 N–H and O–H groups in total. The molecule has 36 heavy (non-hydrogen) atoms. The van der Waals surface area contributed by atoms with Crippen LogP contribution < -0.4 is 20.6 Å². The van der Waals surface area contributed by atoms with Crippen molar-refractivity contribution < 1.29 is 43.7 Å². The van der Waals surface area contributed by atoms with Gasteiger partial charge in [-0.3, -0.25) is 0 Å². The molecule has 0 saturated heterocycles. The van der Waals surface area contributed by atoms with E-state index in [1.54, 1.807) is 4.68 Å². The fourth-order valence-corrected chi connectivity index (χ4v) is 5.42. The molecule has 3 heterocycles. The predicted molar refractivity (Wildman–Crippen MR) is 135 cm³/mol. The molecule has 2 aliphatic rings. The van der Waals surface area contributed by atoms with Gasteiger partial charge in [0.05, 0.1) is 6.10 Å². The number of carboxylic acid groups (broad SMARTS) is 1. The number of fused-ring (bicyclic) bond motifs is 2. The van der Waals surface area contributed by atoms with Gasteiger partial charge in [0.1, 0.15) is 0 Å². The minimum atomic E-state index is -1.21. The number of ether oxygens (including phenoxy) is 1. The van der Waals surface area contributed by atoms with E-state index in [0.29, 0.717) is 25.1 Å². The smallest absolute Gasteiger partial charge is 0.0532 e. The zero-order chi connectivity index (χ0) is 26.0. The van der Waals surface area contributed by atoms with Crippen LogP contribution in [0.15, 0.2) is 29.2 Å². The molecule has 8 nitrogen and oxygen atoms in total. The van der Waals surface area contributed by atoms with Gasteiger partial charge >= 0.3 is 176 Å². The van der Waals surface area contributed by atoms with Crippen LogP contribution in [0.2, 0.25) is 0 Å². The maximum atomic E-state index is 13.0. The van der Waals surface area contributed by atoms with Crippen LogP contribution in [0, 0.1) is 6.08 Å². The third kappa shape index (κ3) is 5.29. The van der Waals surface area contributed by atoms with Gasteiger partial charge in [-0.15, -0.1) is 0 Å². The molecular formula is C26H30BN2O6W-. The Kier molecular flexibility index (Phi) is 8.33. The summed E-state index contributed by atoms with van der Waals surface area (Å²) in [5.74, 6) is -0.494. The zero-order valence-electron chi connectivity index (χ0n) is 20.7. The van der Waals surface area contributed by atoms with Gasteiger partial charge in [0.25, 0.3) is 0 Å². The van der Waals surface area contributed by atoms with Crippen LogP contribution in [0.5, 0.6) is 5.75 Å². The molecule has 1 aromatic heterocycles. The molecule has 10 heteroatoms. The molecular weight excluding hydrogens is 631 g/mol. The zero-order valence-corrected chi connectivity index (χ0v) is 23.7. The van der Waals surface area contributed by atoms with E-state index in [9.17, 15) is 19.7 Å². The first-order valence-corrected chi connectivity index (χ1v) is 13.6. The number of hydrogen-bond donors (Lipinski definition) is 2. The Hall–Kier alpha value is -2.48. The van der Waals surface area contributed by atoms with E-state index in [1.807, 2.05) is 44.1 Å². The summed E-state index contributed by atoms with van der Waals surface area (Å²) < 4.78 is 14.1. The molecule has 0 bridgehead atoms. The SMILES string of the molecule is CC[C@H]1OB(O)c2cc(OCCCC[C-]=C3CCN(C)n4cc(C(=O)O)c(=O)c([C](C)=[W])c43)ccc21. The molecule has 2 aromatic rings. The molecule has 0 unspecified atom stereocenters. The van der Waals surface area contributed by atoms with E-state index in [0.717, 1.165) is 77.0 Å². The number of carboxylic acids is 1. The molecule has 1 aromatic carbocycles. The van der Waals surface area contributed by atoms with Crippen LogP contribution >= 0.6 is 0 Å². The average Bonchev–Trinajstić information content (AvgIpc) is 3.16. The number of hydrogen-bond acceptors (Lipinski definition) is 6. The van der Waals surface area contributed by atoms with Crippen molar-refractivity contribution in [2.24, 2.45) is 0 Å². The van der Waals surface area contributed by atoms with Crippen LogP contribution in [-0.4, -0.2) is 52.0 Å². The number of rotatable bonds is 9. The predicted octanol–water partition coefficient (Wildman–Crippen LogP) is 2.21. The number of aromatic nitrogens is 1. The van der Waals surface area contributed by atoms with Gasteiger partial charge in [0.15, 0.2) is 0 Å². The van der Waals surface area contributed by atoms with Gasteiger partial charge in [-0.1, -0.05) is 13.0 Å². The molecule has 0 radical (unpaired) electrons. The molecule has 1 atom stereocenters. The van der Waals surface area contributed by atoms with E-state index < -0.39 is 18.5 Å². The van der Waals surface area contributed by atoms with Crippen molar-refractivity contribution in [3.8, 4) is 5.75 Å². The van der Waals surface area contributed by atoms with E-state index in [2.05, 4.69) is 6.08 Å².